The van der Waals surface area contributed by atoms with E-state index in [2.05, 4.69) is 59.3 Å². The molecule has 4 heteroatoms. The van der Waals surface area contributed by atoms with Gasteiger partial charge in [0.25, 0.3) is 0 Å². The van der Waals surface area contributed by atoms with Gasteiger partial charge in [0.15, 0.2) is 0 Å². The third kappa shape index (κ3) is 3.70. The van der Waals surface area contributed by atoms with E-state index in [9.17, 15) is 0 Å². The zero-order valence-electron chi connectivity index (χ0n) is 15.0. The van der Waals surface area contributed by atoms with E-state index < -0.39 is 0 Å². The maximum atomic E-state index is 5.46. The van der Waals surface area contributed by atoms with Gasteiger partial charge >= 0.3 is 0 Å². The Morgan fingerprint density at radius 1 is 1.12 bits per heavy atom. The molecule has 1 atom stereocenters. The van der Waals surface area contributed by atoms with E-state index in [-0.39, 0.29) is 0 Å². The van der Waals surface area contributed by atoms with Gasteiger partial charge in [0, 0.05) is 31.9 Å². The standard InChI is InChI=1S/C21H27N3O/c1-17-14-19(15-22-21(17)23-10-12-25-13-11-23)20-8-5-9-24(20)16-18-6-3-2-4-7-18/h2-4,6-7,14-15,20H,5,8-13,16H2,1H3/t20-/m0/s1. The molecule has 2 aliphatic rings. The van der Waals surface area contributed by atoms with Gasteiger partial charge in [-0.2, -0.15) is 0 Å². The van der Waals surface area contributed by atoms with Gasteiger partial charge in [-0.05, 0) is 49.1 Å². The zero-order valence-corrected chi connectivity index (χ0v) is 15.0. The Bertz CT molecular complexity index is 698. The Balaban J connectivity index is 1.51. The highest BCUT2D eigenvalue weighted by atomic mass is 16.5. The van der Waals surface area contributed by atoms with Crippen LogP contribution in [0.3, 0.4) is 0 Å². The van der Waals surface area contributed by atoms with Crippen LogP contribution in [0, 0.1) is 6.92 Å². The van der Waals surface area contributed by atoms with E-state index >= 15 is 0 Å². The average Bonchev–Trinajstić information content (AvgIpc) is 3.11. The fraction of sp³-hybridized carbons (Fsp3) is 0.476. The first-order valence-electron chi connectivity index (χ1n) is 9.38. The molecule has 2 aromatic rings. The minimum atomic E-state index is 0.491. The van der Waals surface area contributed by atoms with Crippen LogP contribution in [0.25, 0.3) is 0 Å². The predicted octanol–water partition coefficient (Wildman–Crippen LogP) is 3.56. The molecule has 1 aromatic carbocycles. The molecule has 2 fully saturated rings. The largest absolute Gasteiger partial charge is 0.378 e. The van der Waals surface area contributed by atoms with Gasteiger partial charge in [0.2, 0.25) is 0 Å². The minimum Gasteiger partial charge on any atom is -0.378 e. The van der Waals surface area contributed by atoms with E-state index in [0.717, 1.165) is 38.7 Å². The van der Waals surface area contributed by atoms with E-state index in [1.807, 2.05) is 0 Å². The van der Waals surface area contributed by atoms with Crippen molar-refractivity contribution in [3.63, 3.8) is 0 Å². The van der Waals surface area contributed by atoms with Crippen LogP contribution in [0.4, 0.5) is 5.82 Å². The van der Waals surface area contributed by atoms with Gasteiger partial charge in [0.05, 0.1) is 13.2 Å². The molecule has 0 unspecified atom stereocenters. The highest BCUT2D eigenvalue weighted by molar-refractivity contribution is 5.48. The summed E-state index contributed by atoms with van der Waals surface area (Å²) in [5, 5.41) is 0. The average molecular weight is 337 g/mol. The molecule has 4 nitrogen and oxygen atoms in total. The van der Waals surface area contributed by atoms with Crippen LogP contribution in [0.1, 0.15) is 35.6 Å². The molecule has 0 radical (unpaired) electrons. The lowest BCUT2D eigenvalue weighted by Gasteiger charge is -2.30. The van der Waals surface area contributed by atoms with Crippen molar-refractivity contribution in [1.29, 1.82) is 0 Å². The van der Waals surface area contributed by atoms with Crippen LogP contribution >= 0.6 is 0 Å². The summed E-state index contributed by atoms with van der Waals surface area (Å²) in [6, 6.07) is 13.6. The molecule has 2 aliphatic heterocycles. The third-order valence-corrected chi connectivity index (χ3v) is 5.36. The monoisotopic (exact) mass is 337 g/mol. The van der Waals surface area contributed by atoms with E-state index in [1.165, 1.54) is 36.1 Å². The fourth-order valence-electron chi connectivity index (χ4n) is 4.09. The first kappa shape index (κ1) is 16.6. The van der Waals surface area contributed by atoms with Crippen molar-refractivity contribution in [3.8, 4) is 0 Å². The molecular weight excluding hydrogens is 310 g/mol. The molecule has 0 bridgehead atoms. The van der Waals surface area contributed by atoms with Crippen molar-refractivity contribution in [2.24, 2.45) is 0 Å². The molecule has 2 saturated heterocycles. The van der Waals surface area contributed by atoms with Crippen molar-refractivity contribution in [2.45, 2.75) is 32.4 Å². The SMILES string of the molecule is Cc1cc([C@@H]2CCCN2Cc2ccccc2)cnc1N1CCOCC1. The molecule has 0 aliphatic carbocycles. The van der Waals surface area contributed by atoms with Gasteiger partial charge in [-0.25, -0.2) is 4.98 Å². The number of aryl methyl sites for hydroxylation is 1. The van der Waals surface area contributed by atoms with Gasteiger partial charge in [-0.1, -0.05) is 30.3 Å². The molecule has 4 rings (SSSR count). The van der Waals surface area contributed by atoms with Crippen LogP contribution in [0.5, 0.6) is 0 Å². The van der Waals surface area contributed by atoms with E-state index in [1.54, 1.807) is 0 Å². The lowest BCUT2D eigenvalue weighted by atomic mass is 10.0. The summed E-state index contributed by atoms with van der Waals surface area (Å²) in [6.45, 7) is 7.87. The fourth-order valence-corrected chi connectivity index (χ4v) is 4.09. The smallest absolute Gasteiger partial charge is 0.131 e. The van der Waals surface area contributed by atoms with Crippen molar-refractivity contribution in [2.75, 3.05) is 37.7 Å². The lowest BCUT2D eigenvalue weighted by Crippen LogP contribution is -2.37. The molecule has 0 spiro atoms. The van der Waals surface area contributed by atoms with Crippen LogP contribution in [0.2, 0.25) is 0 Å². The number of benzene rings is 1. The first-order chi connectivity index (χ1) is 12.3. The Kier molecular flexibility index (Phi) is 4.99. The number of morpholine rings is 1. The number of rotatable bonds is 4. The number of aromatic nitrogens is 1. The predicted molar refractivity (Wildman–Crippen MR) is 101 cm³/mol. The first-order valence-corrected chi connectivity index (χ1v) is 9.38. The quantitative estimate of drug-likeness (QED) is 0.853. The number of pyridine rings is 1. The van der Waals surface area contributed by atoms with Crippen molar-refractivity contribution >= 4 is 5.82 Å². The van der Waals surface area contributed by atoms with Crippen LogP contribution in [-0.4, -0.2) is 42.7 Å². The summed E-state index contributed by atoms with van der Waals surface area (Å²) in [5.41, 5.74) is 4.04. The number of hydrogen-bond donors (Lipinski definition) is 0. The second-order valence-corrected chi connectivity index (χ2v) is 7.12. The number of likely N-dealkylation sites (tertiary alicyclic amines) is 1. The van der Waals surface area contributed by atoms with Crippen molar-refractivity contribution < 1.29 is 4.74 Å². The topological polar surface area (TPSA) is 28.6 Å². The normalized spacial score (nSPS) is 21.6. The summed E-state index contributed by atoms with van der Waals surface area (Å²) in [6.07, 6.45) is 4.60. The Morgan fingerprint density at radius 3 is 2.68 bits per heavy atom. The van der Waals surface area contributed by atoms with Gasteiger partial charge in [0.1, 0.15) is 5.82 Å². The number of ether oxygens (including phenoxy) is 1. The maximum absolute atomic E-state index is 5.46. The highest BCUT2D eigenvalue weighted by Crippen LogP contribution is 2.34. The molecule has 132 valence electrons. The summed E-state index contributed by atoms with van der Waals surface area (Å²) < 4.78 is 5.46. The zero-order chi connectivity index (χ0) is 17.1. The number of anilines is 1. The van der Waals surface area contributed by atoms with Gasteiger partial charge < -0.3 is 9.64 Å². The van der Waals surface area contributed by atoms with Gasteiger partial charge in [-0.15, -0.1) is 0 Å². The minimum absolute atomic E-state index is 0.491. The summed E-state index contributed by atoms with van der Waals surface area (Å²) in [7, 11) is 0. The summed E-state index contributed by atoms with van der Waals surface area (Å²) >= 11 is 0. The van der Waals surface area contributed by atoms with Crippen LogP contribution in [0.15, 0.2) is 42.6 Å². The van der Waals surface area contributed by atoms with Crippen molar-refractivity contribution in [1.82, 2.24) is 9.88 Å². The molecule has 1 aromatic heterocycles. The third-order valence-electron chi connectivity index (χ3n) is 5.36. The number of nitrogens with zero attached hydrogens (tertiary/aromatic N) is 3. The molecule has 0 amide bonds. The Morgan fingerprint density at radius 2 is 1.92 bits per heavy atom. The molecule has 0 N–H and O–H groups in total. The summed E-state index contributed by atoms with van der Waals surface area (Å²) in [4.78, 5) is 9.78. The second kappa shape index (κ2) is 7.54. The van der Waals surface area contributed by atoms with Crippen molar-refractivity contribution in [3.05, 3.63) is 59.3 Å². The van der Waals surface area contributed by atoms with E-state index in [4.69, 9.17) is 9.72 Å². The molecule has 3 heterocycles. The number of hydrogen-bond acceptors (Lipinski definition) is 4. The summed E-state index contributed by atoms with van der Waals surface area (Å²) in [5.74, 6) is 1.12. The highest BCUT2D eigenvalue weighted by Gasteiger charge is 2.27. The molecule has 0 saturated carbocycles. The molecule has 25 heavy (non-hydrogen) atoms. The maximum Gasteiger partial charge on any atom is 0.131 e. The lowest BCUT2D eigenvalue weighted by molar-refractivity contribution is 0.122. The second-order valence-electron chi connectivity index (χ2n) is 7.12. The Labute approximate surface area is 150 Å². The van der Waals surface area contributed by atoms with Crippen LogP contribution < -0.4 is 4.90 Å². The van der Waals surface area contributed by atoms with E-state index in [0.29, 0.717) is 6.04 Å². The van der Waals surface area contributed by atoms with Crippen LogP contribution in [-0.2, 0) is 11.3 Å². The molecular formula is C21H27N3O. The Hall–Kier alpha value is -1.91. The van der Waals surface area contributed by atoms with Gasteiger partial charge in [-0.3, -0.25) is 4.90 Å².